The van der Waals surface area contributed by atoms with Crippen LogP contribution in [0.1, 0.15) is 11.1 Å². The van der Waals surface area contributed by atoms with Crippen LogP contribution in [0.25, 0.3) is 0 Å². The van der Waals surface area contributed by atoms with Crippen LogP contribution in [0.15, 0.2) is 42.6 Å². The molecule has 2 rings (SSSR count). The highest BCUT2D eigenvalue weighted by molar-refractivity contribution is 5.45. The van der Waals surface area contributed by atoms with Gasteiger partial charge in [0.1, 0.15) is 6.61 Å². The number of nitrogens with zero attached hydrogens (tertiary/aromatic N) is 1. The van der Waals surface area contributed by atoms with Gasteiger partial charge in [0, 0.05) is 6.07 Å². The molecule has 2 N–H and O–H groups in total. The fraction of sp³-hybridized carbons (Fsp3) is 0.154. The van der Waals surface area contributed by atoms with Crippen LogP contribution in [0.5, 0.6) is 5.88 Å². The zero-order chi connectivity index (χ0) is 11.4. The second kappa shape index (κ2) is 4.66. The lowest BCUT2D eigenvalue weighted by atomic mass is 10.2. The molecule has 0 saturated heterocycles. The second-order valence-corrected chi connectivity index (χ2v) is 3.65. The highest BCUT2D eigenvalue weighted by atomic mass is 16.5. The summed E-state index contributed by atoms with van der Waals surface area (Å²) in [5.41, 5.74) is 8.47. The Hall–Kier alpha value is -2.03. The quantitative estimate of drug-likeness (QED) is 0.854. The third-order valence-corrected chi connectivity index (χ3v) is 2.36. The molecule has 0 unspecified atom stereocenters. The molecular formula is C13H14N2O. The molecule has 0 radical (unpaired) electrons. The summed E-state index contributed by atoms with van der Waals surface area (Å²) >= 11 is 0. The van der Waals surface area contributed by atoms with Crippen LogP contribution in [0.3, 0.4) is 0 Å². The van der Waals surface area contributed by atoms with Crippen molar-refractivity contribution in [3.8, 4) is 5.88 Å². The highest BCUT2D eigenvalue weighted by Crippen LogP contribution is 2.16. The van der Waals surface area contributed by atoms with Gasteiger partial charge in [-0.3, -0.25) is 0 Å². The molecule has 0 saturated carbocycles. The number of pyridine rings is 1. The maximum atomic E-state index is 5.68. The van der Waals surface area contributed by atoms with Gasteiger partial charge < -0.3 is 10.5 Å². The van der Waals surface area contributed by atoms with Gasteiger partial charge in [0.15, 0.2) is 0 Å². The maximum Gasteiger partial charge on any atom is 0.213 e. The van der Waals surface area contributed by atoms with E-state index in [0.29, 0.717) is 18.2 Å². The number of anilines is 1. The van der Waals surface area contributed by atoms with Gasteiger partial charge in [0.05, 0.1) is 11.9 Å². The average molecular weight is 214 g/mol. The van der Waals surface area contributed by atoms with Gasteiger partial charge in [-0.2, -0.15) is 0 Å². The lowest BCUT2D eigenvalue weighted by Crippen LogP contribution is -1.99. The molecule has 0 atom stereocenters. The SMILES string of the molecule is Cc1cc(OCc2ccccc2)ncc1N. The van der Waals surface area contributed by atoms with Crippen molar-refractivity contribution in [2.75, 3.05) is 5.73 Å². The normalized spacial score (nSPS) is 10.1. The van der Waals surface area contributed by atoms with Crippen molar-refractivity contribution in [1.29, 1.82) is 0 Å². The molecule has 0 aliphatic heterocycles. The van der Waals surface area contributed by atoms with Crippen LogP contribution >= 0.6 is 0 Å². The first kappa shape index (κ1) is 10.5. The van der Waals surface area contributed by atoms with E-state index >= 15 is 0 Å². The Morgan fingerprint density at radius 3 is 2.69 bits per heavy atom. The minimum absolute atomic E-state index is 0.525. The van der Waals surface area contributed by atoms with Crippen LogP contribution < -0.4 is 10.5 Å². The van der Waals surface area contributed by atoms with E-state index < -0.39 is 0 Å². The number of hydrogen-bond acceptors (Lipinski definition) is 3. The third kappa shape index (κ3) is 2.51. The van der Waals surface area contributed by atoms with Crippen LogP contribution in [-0.4, -0.2) is 4.98 Å². The number of ether oxygens (including phenoxy) is 1. The number of nitrogen functional groups attached to an aromatic ring is 1. The topological polar surface area (TPSA) is 48.1 Å². The van der Waals surface area contributed by atoms with Gasteiger partial charge in [-0.15, -0.1) is 0 Å². The summed E-state index contributed by atoms with van der Waals surface area (Å²) in [6.45, 7) is 2.46. The molecule has 3 heteroatoms. The lowest BCUT2D eigenvalue weighted by molar-refractivity contribution is 0.294. The van der Waals surface area contributed by atoms with E-state index in [0.717, 1.165) is 11.1 Å². The first-order valence-electron chi connectivity index (χ1n) is 5.14. The summed E-state index contributed by atoms with van der Waals surface area (Å²) in [5.74, 6) is 0.607. The first-order valence-corrected chi connectivity index (χ1v) is 5.14. The minimum atomic E-state index is 0.525. The zero-order valence-corrected chi connectivity index (χ0v) is 9.18. The van der Waals surface area contributed by atoms with Gasteiger partial charge in [-0.25, -0.2) is 4.98 Å². The zero-order valence-electron chi connectivity index (χ0n) is 9.18. The Bertz CT molecular complexity index is 469. The molecule has 1 heterocycles. The van der Waals surface area contributed by atoms with Crippen molar-refractivity contribution >= 4 is 5.69 Å². The summed E-state index contributed by atoms with van der Waals surface area (Å²) in [4.78, 5) is 4.11. The number of benzene rings is 1. The van der Waals surface area contributed by atoms with Crippen LogP contribution in [0.2, 0.25) is 0 Å². The van der Waals surface area contributed by atoms with E-state index in [1.165, 1.54) is 0 Å². The fourth-order valence-corrected chi connectivity index (χ4v) is 1.35. The molecule has 82 valence electrons. The van der Waals surface area contributed by atoms with Crippen LogP contribution in [0, 0.1) is 6.92 Å². The van der Waals surface area contributed by atoms with Crippen molar-refractivity contribution in [2.24, 2.45) is 0 Å². The lowest BCUT2D eigenvalue weighted by Gasteiger charge is -2.06. The van der Waals surface area contributed by atoms with Crippen LogP contribution in [0.4, 0.5) is 5.69 Å². The molecule has 2 aromatic rings. The van der Waals surface area contributed by atoms with Crippen molar-refractivity contribution in [2.45, 2.75) is 13.5 Å². The summed E-state index contributed by atoms with van der Waals surface area (Å²) in [6.07, 6.45) is 1.62. The molecule has 0 aliphatic rings. The van der Waals surface area contributed by atoms with Crippen LogP contribution in [-0.2, 0) is 6.61 Å². The molecule has 1 aromatic heterocycles. The molecule has 0 amide bonds. The Morgan fingerprint density at radius 2 is 2.00 bits per heavy atom. The van der Waals surface area contributed by atoms with E-state index in [-0.39, 0.29) is 0 Å². The second-order valence-electron chi connectivity index (χ2n) is 3.65. The van der Waals surface area contributed by atoms with E-state index in [1.54, 1.807) is 6.20 Å². The van der Waals surface area contributed by atoms with E-state index in [2.05, 4.69) is 4.98 Å². The van der Waals surface area contributed by atoms with Gasteiger partial charge in [0.2, 0.25) is 5.88 Å². The summed E-state index contributed by atoms with van der Waals surface area (Å²) in [7, 11) is 0. The van der Waals surface area contributed by atoms with Gasteiger partial charge in [-0.05, 0) is 18.1 Å². The minimum Gasteiger partial charge on any atom is -0.473 e. The largest absolute Gasteiger partial charge is 0.473 e. The monoisotopic (exact) mass is 214 g/mol. The Morgan fingerprint density at radius 1 is 1.25 bits per heavy atom. The van der Waals surface area contributed by atoms with E-state index in [4.69, 9.17) is 10.5 Å². The van der Waals surface area contributed by atoms with E-state index in [9.17, 15) is 0 Å². The molecule has 3 nitrogen and oxygen atoms in total. The molecule has 1 aromatic carbocycles. The summed E-state index contributed by atoms with van der Waals surface area (Å²) in [5, 5.41) is 0. The average Bonchev–Trinajstić information content (AvgIpc) is 2.32. The molecular weight excluding hydrogens is 200 g/mol. The smallest absolute Gasteiger partial charge is 0.213 e. The maximum absolute atomic E-state index is 5.68. The number of rotatable bonds is 3. The van der Waals surface area contributed by atoms with E-state index in [1.807, 2.05) is 43.3 Å². The molecule has 0 fully saturated rings. The predicted molar refractivity (Wildman–Crippen MR) is 64.2 cm³/mol. The first-order chi connectivity index (χ1) is 7.75. The number of nitrogens with two attached hydrogens (primary N) is 1. The van der Waals surface area contributed by atoms with Crippen molar-refractivity contribution in [3.63, 3.8) is 0 Å². The summed E-state index contributed by atoms with van der Waals surface area (Å²) < 4.78 is 5.56. The van der Waals surface area contributed by atoms with Crippen molar-refractivity contribution in [3.05, 3.63) is 53.7 Å². The Balaban J connectivity index is 2.03. The Kier molecular flexibility index (Phi) is 3.05. The highest BCUT2D eigenvalue weighted by Gasteiger charge is 1.99. The van der Waals surface area contributed by atoms with Crippen molar-refractivity contribution < 1.29 is 4.74 Å². The predicted octanol–water partition coefficient (Wildman–Crippen LogP) is 2.55. The molecule has 0 spiro atoms. The molecule has 0 aliphatic carbocycles. The molecule has 16 heavy (non-hydrogen) atoms. The summed E-state index contributed by atoms with van der Waals surface area (Å²) in [6, 6.07) is 11.8. The fourth-order valence-electron chi connectivity index (χ4n) is 1.35. The van der Waals surface area contributed by atoms with Gasteiger partial charge in [-0.1, -0.05) is 30.3 Å². The van der Waals surface area contributed by atoms with Gasteiger partial charge in [0.25, 0.3) is 0 Å². The van der Waals surface area contributed by atoms with Gasteiger partial charge >= 0.3 is 0 Å². The molecule has 0 bridgehead atoms. The number of hydrogen-bond donors (Lipinski definition) is 1. The standard InChI is InChI=1S/C13H14N2O/c1-10-7-13(15-8-12(10)14)16-9-11-5-3-2-4-6-11/h2-8H,9,14H2,1H3. The Labute approximate surface area is 94.9 Å². The number of aromatic nitrogens is 1. The van der Waals surface area contributed by atoms with Crippen molar-refractivity contribution in [1.82, 2.24) is 4.98 Å². The third-order valence-electron chi connectivity index (χ3n) is 2.36. The number of aryl methyl sites for hydroxylation is 1.